The van der Waals surface area contributed by atoms with Gasteiger partial charge >= 0.3 is 0 Å². The number of hydrogen-bond acceptors (Lipinski definition) is 7. The number of aryl methyl sites for hydroxylation is 2. The molecule has 1 aliphatic rings. The smallest absolute Gasteiger partial charge is 0.263 e. The van der Waals surface area contributed by atoms with Crippen LogP contribution in [0.2, 0.25) is 0 Å². The molecule has 1 N–H and O–H groups in total. The number of nitrogens with one attached hydrogen (secondary N) is 1. The van der Waals surface area contributed by atoms with Gasteiger partial charge in [0.25, 0.3) is 5.56 Å². The van der Waals surface area contributed by atoms with Crippen molar-refractivity contribution in [2.75, 3.05) is 25.5 Å². The van der Waals surface area contributed by atoms with Gasteiger partial charge in [-0.15, -0.1) is 11.3 Å². The molecule has 9 heteroatoms. The largest absolute Gasteiger partial charge is 0.492 e. The van der Waals surface area contributed by atoms with Gasteiger partial charge in [0.15, 0.2) is 5.16 Å². The molecule has 1 atom stereocenters. The van der Waals surface area contributed by atoms with Gasteiger partial charge in [-0.1, -0.05) is 36.9 Å². The summed E-state index contributed by atoms with van der Waals surface area (Å²) in [5.74, 6) is 0.834. The first-order valence-corrected chi connectivity index (χ1v) is 13.1. The lowest BCUT2D eigenvalue weighted by Gasteiger charge is -2.16. The van der Waals surface area contributed by atoms with Gasteiger partial charge < -0.3 is 14.8 Å². The third-order valence-electron chi connectivity index (χ3n) is 5.61. The molecule has 33 heavy (non-hydrogen) atoms. The van der Waals surface area contributed by atoms with E-state index < -0.39 is 0 Å². The second kappa shape index (κ2) is 11.2. The van der Waals surface area contributed by atoms with Crippen molar-refractivity contribution in [1.29, 1.82) is 0 Å². The zero-order chi connectivity index (χ0) is 23.2. The van der Waals surface area contributed by atoms with Crippen LogP contribution in [0.1, 0.15) is 30.2 Å². The van der Waals surface area contributed by atoms with Crippen LogP contribution in [0.5, 0.6) is 5.75 Å². The van der Waals surface area contributed by atoms with E-state index in [0.29, 0.717) is 30.2 Å². The van der Waals surface area contributed by atoms with Crippen LogP contribution in [-0.4, -0.2) is 47.1 Å². The van der Waals surface area contributed by atoms with E-state index in [-0.39, 0.29) is 23.3 Å². The number of ether oxygens (including phenoxy) is 2. The number of carbonyl (C=O) groups is 1. The molecule has 1 unspecified atom stereocenters. The van der Waals surface area contributed by atoms with Crippen LogP contribution in [0.15, 0.2) is 40.3 Å². The summed E-state index contributed by atoms with van der Waals surface area (Å²) in [6.07, 6.45) is 2.74. The Hall–Kier alpha value is -2.36. The molecule has 2 aromatic heterocycles. The molecular formula is C24H29N3O4S2. The zero-order valence-electron chi connectivity index (χ0n) is 19.0. The fourth-order valence-corrected chi connectivity index (χ4v) is 5.97. The Kier molecular flexibility index (Phi) is 8.06. The summed E-state index contributed by atoms with van der Waals surface area (Å²) in [4.78, 5) is 32.5. The molecule has 7 nitrogen and oxygen atoms in total. The van der Waals surface area contributed by atoms with Crippen LogP contribution in [0.3, 0.4) is 0 Å². The van der Waals surface area contributed by atoms with E-state index in [4.69, 9.17) is 14.5 Å². The molecule has 1 fully saturated rings. The molecule has 0 saturated carbocycles. The lowest BCUT2D eigenvalue weighted by Crippen LogP contribution is -2.31. The number of aromatic nitrogens is 2. The molecule has 4 rings (SSSR count). The predicted molar refractivity (Wildman–Crippen MR) is 133 cm³/mol. The lowest BCUT2D eigenvalue weighted by molar-refractivity contribution is -0.118. The summed E-state index contributed by atoms with van der Waals surface area (Å²) in [6, 6.07) is 9.49. The fraction of sp³-hybridized carbons (Fsp3) is 0.458. The first kappa shape index (κ1) is 23.8. The Morgan fingerprint density at radius 3 is 2.91 bits per heavy atom. The van der Waals surface area contributed by atoms with Crippen LogP contribution in [0.25, 0.3) is 10.2 Å². The average molecular weight is 488 g/mol. The molecular weight excluding hydrogens is 458 g/mol. The maximum atomic E-state index is 13.5. The van der Waals surface area contributed by atoms with Crippen LogP contribution in [0, 0.1) is 6.92 Å². The van der Waals surface area contributed by atoms with Crippen molar-refractivity contribution in [3.8, 4) is 5.75 Å². The number of rotatable bonds is 10. The number of para-hydroxylation sites is 1. The summed E-state index contributed by atoms with van der Waals surface area (Å²) >= 11 is 2.84. The van der Waals surface area contributed by atoms with Gasteiger partial charge in [-0.05, 0) is 43.9 Å². The monoisotopic (exact) mass is 487 g/mol. The highest BCUT2D eigenvalue weighted by Gasteiger charge is 2.23. The third-order valence-corrected chi connectivity index (χ3v) is 7.63. The molecule has 1 aliphatic heterocycles. The number of fused-ring (bicyclic) bond motifs is 1. The Bertz CT molecular complexity index is 1150. The van der Waals surface area contributed by atoms with Gasteiger partial charge in [0.2, 0.25) is 5.91 Å². The fourth-order valence-electron chi connectivity index (χ4n) is 3.98. The Morgan fingerprint density at radius 2 is 2.18 bits per heavy atom. The molecule has 3 aromatic rings. The summed E-state index contributed by atoms with van der Waals surface area (Å²) in [6.45, 7) is 6.09. The lowest BCUT2D eigenvalue weighted by atomic mass is 10.1. The highest BCUT2D eigenvalue weighted by atomic mass is 32.2. The van der Waals surface area contributed by atoms with Crippen molar-refractivity contribution in [1.82, 2.24) is 14.9 Å². The van der Waals surface area contributed by atoms with Crippen molar-refractivity contribution in [3.05, 3.63) is 51.1 Å². The Balaban J connectivity index is 1.44. The molecule has 0 radical (unpaired) electrons. The molecule has 176 valence electrons. The highest BCUT2D eigenvalue weighted by molar-refractivity contribution is 7.99. The molecule has 0 aliphatic carbocycles. The van der Waals surface area contributed by atoms with E-state index in [1.807, 2.05) is 37.3 Å². The van der Waals surface area contributed by atoms with E-state index in [0.717, 1.165) is 46.9 Å². The number of carbonyl (C=O) groups excluding carboxylic acids is 1. The maximum Gasteiger partial charge on any atom is 0.263 e. The number of hydrogen-bond donors (Lipinski definition) is 1. The normalized spacial score (nSPS) is 15.8. The molecule has 3 heterocycles. The SMILES string of the molecule is CCc1c(C)sc2nc(SCC(=O)NCCOc3ccccc3)n(CC3CCCO3)c(=O)c12. The standard InChI is InChI=1S/C24H29N3O4S2/c1-3-19-16(2)33-22-21(19)23(29)27(14-18-10-7-12-30-18)24(26-22)32-15-20(28)25-11-13-31-17-8-5-4-6-9-17/h4-6,8-9,18H,3,7,10-15H2,1-2H3,(H,25,28). The van der Waals surface area contributed by atoms with Gasteiger partial charge in [0, 0.05) is 11.5 Å². The highest BCUT2D eigenvalue weighted by Crippen LogP contribution is 2.30. The van der Waals surface area contributed by atoms with Gasteiger partial charge in [0.1, 0.15) is 17.2 Å². The molecule has 0 bridgehead atoms. The van der Waals surface area contributed by atoms with Gasteiger partial charge in [-0.3, -0.25) is 14.2 Å². The second-order valence-electron chi connectivity index (χ2n) is 7.92. The molecule has 1 saturated heterocycles. The van der Waals surface area contributed by atoms with Crippen LogP contribution in [-0.2, 0) is 22.5 Å². The number of thiophene rings is 1. The van der Waals surface area contributed by atoms with E-state index in [1.54, 1.807) is 15.9 Å². The Labute approximate surface area is 201 Å². The summed E-state index contributed by atoms with van der Waals surface area (Å²) in [5, 5.41) is 4.15. The number of nitrogens with zero attached hydrogens (tertiary/aromatic N) is 2. The van der Waals surface area contributed by atoms with Crippen LogP contribution >= 0.6 is 23.1 Å². The van der Waals surface area contributed by atoms with Crippen molar-refractivity contribution in [2.24, 2.45) is 0 Å². The average Bonchev–Trinajstić information content (AvgIpc) is 3.45. The van der Waals surface area contributed by atoms with E-state index >= 15 is 0 Å². The van der Waals surface area contributed by atoms with Crippen molar-refractivity contribution in [3.63, 3.8) is 0 Å². The predicted octanol–water partition coefficient (Wildman–Crippen LogP) is 3.80. The molecule has 0 spiro atoms. The van der Waals surface area contributed by atoms with Gasteiger partial charge in [0.05, 0.1) is 30.3 Å². The van der Waals surface area contributed by atoms with E-state index in [1.165, 1.54) is 11.8 Å². The summed E-state index contributed by atoms with van der Waals surface area (Å²) in [7, 11) is 0. The number of thioether (sulfide) groups is 1. The summed E-state index contributed by atoms with van der Waals surface area (Å²) in [5.41, 5.74) is 1.04. The number of benzene rings is 1. The quantitative estimate of drug-likeness (QED) is 0.266. The van der Waals surface area contributed by atoms with Crippen molar-refractivity contribution in [2.45, 2.75) is 50.9 Å². The minimum absolute atomic E-state index is 0.00933. The minimum Gasteiger partial charge on any atom is -0.492 e. The first-order chi connectivity index (χ1) is 16.1. The van der Waals surface area contributed by atoms with Gasteiger partial charge in [-0.25, -0.2) is 4.98 Å². The zero-order valence-corrected chi connectivity index (χ0v) is 20.6. The summed E-state index contributed by atoms with van der Waals surface area (Å²) < 4.78 is 13.1. The van der Waals surface area contributed by atoms with Gasteiger partial charge in [-0.2, -0.15) is 0 Å². The second-order valence-corrected chi connectivity index (χ2v) is 10.1. The van der Waals surface area contributed by atoms with E-state index in [9.17, 15) is 9.59 Å². The topological polar surface area (TPSA) is 82.4 Å². The van der Waals surface area contributed by atoms with Crippen molar-refractivity contribution < 1.29 is 14.3 Å². The van der Waals surface area contributed by atoms with Crippen LogP contribution < -0.4 is 15.6 Å². The maximum absolute atomic E-state index is 13.5. The van der Waals surface area contributed by atoms with Crippen LogP contribution in [0.4, 0.5) is 0 Å². The molecule has 1 aromatic carbocycles. The third kappa shape index (κ3) is 5.77. The Morgan fingerprint density at radius 1 is 1.36 bits per heavy atom. The first-order valence-electron chi connectivity index (χ1n) is 11.3. The van der Waals surface area contributed by atoms with E-state index in [2.05, 4.69) is 12.2 Å². The number of amides is 1. The van der Waals surface area contributed by atoms with Crippen molar-refractivity contribution >= 4 is 39.2 Å². The molecule has 1 amide bonds. The minimum atomic E-state index is -0.119.